The van der Waals surface area contributed by atoms with Crippen LogP contribution in [0.4, 0.5) is 4.39 Å². The van der Waals surface area contributed by atoms with Crippen molar-refractivity contribution in [1.29, 1.82) is 0 Å². The molecular weight excluding hydrogens is 363 g/mol. The number of halogens is 1. The summed E-state index contributed by atoms with van der Waals surface area (Å²) >= 11 is 0. The quantitative estimate of drug-likeness (QED) is 0.756. The molecule has 2 aromatic carbocycles. The monoisotopic (exact) mass is 386 g/mol. The van der Waals surface area contributed by atoms with E-state index in [0.29, 0.717) is 24.2 Å². The van der Waals surface area contributed by atoms with Gasteiger partial charge in [0.05, 0.1) is 0 Å². The standard InChI is InChI=1S/C21H23FN2O4/c1-3-23(4-2)20(27)16-7-9-17(10-8-16)21(28)24(14-19(25)26)13-15-5-11-18(22)12-6-15/h5-12H,3-4,13-14H2,1-2H3,(H,25,26). The second-order valence-corrected chi connectivity index (χ2v) is 6.24. The van der Waals surface area contributed by atoms with Crippen molar-refractivity contribution in [2.75, 3.05) is 19.6 Å². The molecule has 0 spiro atoms. The van der Waals surface area contributed by atoms with Crippen LogP contribution in [0.15, 0.2) is 48.5 Å². The van der Waals surface area contributed by atoms with E-state index in [1.54, 1.807) is 17.0 Å². The lowest BCUT2D eigenvalue weighted by Crippen LogP contribution is -2.35. The molecule has 28 heavy (non-hydrogen) atoms. The molecule has 0 unspecified atom stereocenters. The molecule has 1 N–H and O–H groups in total. The lowest BCUT2D eigenvalue weighted by molar-refractivity contribution is -0.137. The van der Waals surface area contributed by atoms with Crippen molar-refractivity contribution in [2.45, 2.75) is 20.4 Å². The van der Waals surface area contributed by atoms with Gasteiger partial charge in [0.1, 0.15) is 12.4 Å². The Labute approximate surface area is 163 Å². The fourth-order valence-corrected chi connectivity index (χ4v) is 2.80. The normalized spacial score (nSPS) is 10.4. The Morgan fingerprint density at radius 2 is 1.29 bits per heavy atom. The fraction of sp³-hybridized carbons (Fsp3) is 0.286. The first-order chi connectivity index (χ1) is 13.3. The van der Waals surface area contributed by atoms with Gasteiger partial charge in [0.2, 0.25) is 0 Å². The molecule has 0 saturated heterocycles. The van der Waals surface area contributed by atoms with Crippen LogP contribution < -0.4 is 0 Å². The Morgan fingerprint density at radius 1 is 0.821 bits per heavy atom. The molecule has 0 bridgehead atoms. The molecule has 0 heterocycles. The average Bonchev–Trinajstić information content (AvgIpc) is 2.69. The van der Waals surface area contributed by atoms with E-state index >= 15 is 0 Å². The molecule has 0 aliphatic heterocycles. The van der Waals surface area contributed by atoms with E-state index in [1.807, 2.05) is 13.8 Å². The first-order valence-corrected chi connectivity index (χ1v) is 9.00. The van der Waals surface area contributed by atoms with Gasteiger partial charge < -0.3 is 14.9 Å². The molecule has 2 rings (SSSR count). The zero-order valence-electron chi connectivity index (χ0n) is 15.9. The molecule has 2 amide bonds. The Balaban J connectivity index is 2.20. The molecule has 7 heteroatoms. The number of carboxylic acids is 1. The molecule has 6 nitrogen and oxygen atoms in total. The lowest BCUT2D eigenvalue weighted by atomic mass is 10.1. The molecule has 0 atom stereocenters. The number of hydrogen-bond donors (Lipinski definition) is 1. The van der Waals surface area contributed by atoms with Crippen molar-refractivity contribution in [3.63, 3.8) is 0 Å². The van der Waals surface area contributed by atoms with Crippen molar-refractivity contribution in [2.24, 2.45) is 0 Å². The summed E-state index contributed by atoms with van der Waals surface area (Å²) in [7, 11) is 0. The van der Waals surface area contributed by atoms with E-state index in [1.165, 1.54) is 36.4 Å². The topological polar surface area (TPSA) is 77.9 Å². The third kappa shape index (κ3) is 5.39. The maximum atomic E-state index is 13.1. The maximum absolute atomic E-state index is 13.1. The molecule has 0 radical (unpaired) electrons. The molecule has 2 aromatic rings. The first kappa shape index (κ1) is 21.1. The van der Waals surface area contributed by atoms with E-state index in [4.69, 9.17) is 5.11 Å². The highest BCUT2D eigenvalue weighted by Crippen LogP contribution is 2.13. The molecule has 148 valence electrons. The SMILES string of the molecule is CCN(CC)C(=O)c1ccc(C(=O)N(CC(=O)O)Cc2ccc(F)cc2)cc1. The summed E-state index contributed by atoms with van der Waals surface area (Å²) in [5, 5.41) is 9.13. The molecule has 0 aliphatic rings. The number of hydrogen-bond acceptors (Lipinski definition) is 3. The van der Waals surface area contributed by atoms with Gasteiger partial charge in [0.25, 0.3) is 11.8 Å². The molecule has 0 fully saturated rings. The van der Waals surface area contributed by atoms with Crippen LogP contribution in [0.3, 0.4) is 0 Å². The van der Waals surface area contributed by atoms with Crippen LogP contribution in [0.25, 0.3) is 0 Å². The number of carbonyl (C=O) groups is 3. The van der Waals surface area contributed by atoms with Crippen LogP contribution in [0.1, 0.15) is 40.1 Å². The van der Waals surface area contributed by atoms with Crippen LogP contribution in [-0.2, 0) is 11.3 Å². The van der Waals surface area contributed by atoms with Gasteiger partial charge in [-0.2, -0.15) is 0 Å². The number of nitrogens with zero attached hydrogens (tertiary/aromatic N) is 2. The number of carbonyl (C=O) groups excluding carboxylic acids is 2. The van der Waals surface area contributed by atoms with Crippen molar-refractivity contribution < 1.29 is 23.9 Å². The Morgan fingerprint density at radius 3 is 1.71 bits per heavy atom. The highest BCUT2D eigenvalue weighted by molar-refractivity contribution is 5.98. The minimum Gasteiger partial charge on any atom is -0.480 e. The zero-order valence-corrected chi connectivity index (χ0v) is 15.9. The number of amides is 2. The van der Waals surface area contributed by atoms with E-state index in [2.05, 4.69) is 0 Å². The van der Waals surface area contributed by atoms with Gasteiger partial charge in [0.15, 0.2) is 0 Å². The van der Waals surface area contributed by atoms with E-state index in [-0.39, 0.29) is 18.0 Å². The van der Waals surface area contributed by atoms with Crippen LogP contribution in [0.2, 0.25) is 0 Å². The zero-order chi connectivity index (χ0) is 20.7. The summed E-state index contributed by atoms with van der Waals surface area (Å²) in [4.78, 5) is 39.1. The van der Waals surface area contributed by atoms with E-state index in [0.717, 1.165) is 4.90 Å². The Kier molecular flexibility index (Phi) is 7.26. The van der Waals surface area contributed by atoms with Gasteiger partial charge in [-0.25, -0.2) is 4.39 Å². The smallest absolute Gasteiger partial charge is 0.323 e. The van der Waals surface area contributed by atoms with Gasteiger partial charge in [-0.3, -0.25) is 14.4 Å². The summed E-state index contributed by atoms with van der Waals surface area (Å²) in [5.74, 6) is -2.16. The van der Waals surface area contributed by atoms with Crippen molar-refractivity contribution in [3.8, 4) is 0 Å². The second-order valence-electron chi connectivity index (χ2n) is 6.24. The maximum Gasteiger partial charge on any atom is 0.323 e. The van der Waals surface area contributed by atoms with Gasteiger partial charge in [-0.15, -0.1) is 0 Å². The minimum atomic E-state index is -1.15. The fourth-order valence-electron chi connectivity index (χ4n) is 2.80. The van der Waals surface area contributed by atoms with Crippen molar-refractivity contribution in [3.05, 3.63) is 71.0 Å². The second kappa shape index (κ2) is 9.64. The van der Waals surface area contributed by atoms with E-state index in [9.17, 15) is 18.8 Å². The van der Waals surface area contributed by atoms with Crippen molar-refractivity contribution >= 4 is 17.8 Å². The summed E-state index contributed by atoms with van der Waals surface area (Å²) in [5.41, 5.74) is 1.35. The molecule has 0 saturated carbocycles. The average molecular weight is 386 g/mol. The van der Waals surface area contributed by atoms with Gasteiger partial charge in [-0.05, 0) is 55.8 Å². The largest absolute Gasteiger partial charge is 0.480 e. The summed E-state index contributed by atoms with van der Waals surface area (Å²) in [6.45, 7) is 4.49. The minimum absolute atomic E-state index is 0.0333. The predicted molar refractivity (Wildman–Crippen MR) is 102 cm³/mol. The van der Waals surface area contributed by atoms with Gasteiger partial charge in [-0.1, -0.05) is 12.1 Å². The lowest BCUT2D eigenvalue weighted by Gasteiger charge is -2.21. The predicted octanol–water partition coefficient (Wildman–Crippen LogP) is 3.03. The molecule has 0 aliphatic carbocycles. The van der Waals surface area contributed by atoms with Gasteiger partial charge >= 0.3 is 5.97 Å². The number of benzene rings is 2. The van der Waals surface area contributed by atoms with Gasteiger partial charge in [0, 0.05) is 30.8 Å². The molecular formula is C21H23FN2O4. The number of rotatable bonds is 8. The third-order valence-corrected chi connectivity index (χ3v) is 4.33. The highest BCUT2D eigenvalue weighted by atomic mass is 19.1. The summed E-state index contributed by atoms with van der Waals surface area (Å²) in [6, 6.07) is 11.7. The summed E-state index contributed by atoms with van der Waals surface area (Å²) in [6.07, 6.45) is 0. The summed E-state index contributed by atoms with van der Waals surface area (Å²) < 4.78 is 13.1. The number of aliphatic carboxylic acids is 1. The van der Waals surface area contributed by atoms with Crippen molar-refractivity contribution in [1.82, 2.24) is 9.80 Å². The van der Waals surface area contributed by atoms with E-state index < -0.39 is 24.2 Å². The Hall–Kier alpha value is -3.22. The van der Waals surface area contributed by atoms with Crippen LogP contribution >= 0.6 is 0 Å². The van der Waals surface area contributed by atoms with Crippen LogP contribution in [0, 0.1) is 5.82 Å². The molecule has 0 aromatic heterocycles. The highest BCUT2D eigenvalue weighted by Gasteiger charge is 2.20. The Bertz CT molecular complexity index is 830. The van der Waals surface area contributed by atoms with Crippen LogP contribution in [0.5, 0.6) is 0 Å². The van der Waals surface area contributed by atoms with Crippen LogP contribution in [-0.4, -0.2) is 52.3 Å². The third-order valence-electron chi connectivity index (χ3n) is 4.33. The first-order valence-electron chi connectivity index (χ1n) is 9.00. The number of carboxylic acid groups (broad SMARTS) is 1.